The molecule has 6 heteroatoms. The predicted octanol–water partition coefficient (Wildman–Crippen LogP) is 2.41. The molecule has 21 heavy (non-hydrogen) atoms. The van der Waals surface area contributed by atoms with E-state index in [9.17, 15) is 14.7 Å². The van der Waals surface area contributed by atoms with E-state index < -0.39 is 0 Å². The molecule has 0 amide bonds. The number of benzene rings is 1. The van der Waals surface area contributed by atoms with Gasteiger partial charge in [0.15, 0.2) is 11.6 Å². The average Bonchev–Trinajstić information content (AvgIpc) is 2.97. The Kier molecular flexibility index (Phi) is 4.19. The van der Waals surface area contributed by atoms with E-state index in [1.807, 2.05) is 22.9 Å². The van der Waals surface area contributed by atoms with Crippen LogP contribution < -0.4 is 4.90 Å². The van der Waals surface area contributed by atoms with Gasteiger partial charge in [-0.3, -0.25) is 9.59 Å². The molecule has 0 fully saturated rings. The molecular formula is C15H13NO3S2. The number of Topliss-reactive ketones (excluding diaryl/α,β-unsaturated/α-hetero) is 2. The first kappa shape index (κ1) is 14.4. The van der Waals surface area contributed by atoms with Crippen molar-refractivity contribution >= 4 is 40.8 Å². The fourth-order valence-electron chi connectivity index (χ4n) is 2.39. The fourth-order valence-corrected chi connectivity index (χ4v) is 4.29. The van der Waals surface area contributed by atoms with Crippen molar-refractivity contribution < 1.29 is 14.7 Å². The van der Waals surface area contributed by atoms with E-state index in [2.05, 4.69) is 0 Å². The van der Waals surface area contributed by atoms with Crippen molar-refractivity contribution in [1.29, 1.82) is 0 Å². The van der Waals surface area contributed by atoms with Gasteiger partial charge in [0.1, 0.15) is 0 Å². The lowest BCUT2D eigenvalue weighted by atomic mass is 10.0. The molecule has 0 atom stereocenters. The molecule has 2 heterocycles. The van der Waals surface area contributed by atoms with Gasteiger partial charge in [0, 0.05) is 17.8 Å². The summed E-state index contributed by atoms with van der Waals surface area (Å²) in [4.78, 5) is 27.0. The van der Waals surface area contributed by atoms with Gasteiger partial charge >= 0.3 is 0 Å². The summed E-state index contributed by atoms with van der Waals surface area (Å²) in [6.45, 7) is 0.382. The van der Waals surface area contributed by atoms with Crippen LogP contribution in [0, 0.1) is 0 Å². The minimum atomic E-state index is -0.227. The van der Waals surface area contributed by atoms with Crippen LogP contribution in [-0.4, -0.2) is 36.4 Å². The molecule has 3 rings (SSSR count). The van der Waals surface area contributed by atoms with Crippen molar-refractivity contribution in [3.8, 4) is 0 Å². The lowest BCUT2D eigenvalue weighted by molar-refractivity contribution is -0.114. The van der Waals surface area contributed by atoms with Crippen LogP contribution in [0.25, 0.3) is 0 Å². The molecule has 0 aliphatic carbocycles. The summed E-state index contributed by atoms with van der Waals surface area (Å²) in [5.41, 5.74) is 1.50. The molecule has 1 aromatic rings. The minimum Gasteiger partial charge on any atom is -0.395 e. The van der Waals surface area contributed by atoms with Gasteiger partial charge in [0.2, 0.25) is 0 Å². The Hall–Kier alpha value is -1.50. The summed E-state index contributed by atoms with van der Waals surface area (Å²) in [5.74, 6) is -0.418. The Bertz CT molecular complexity index is 657. The number of nitrogens with zero attached hydrogens (tertiary/aromatic N) is 1. The summed E-state index contributed by atoms with van der Waals surface area (Å²) in [6.07, 6.45) is 0. The second kappa shape index (κ2) is 6.09. The molecule has 0 aromatic heterocycles. The molecule has 0 bridgehead atoms. The monoisotopic (exact) mass is 319 g/mol. The van der Waals surface area contributed by atoms with E-state index in [0.717, 1.165) is 4.24 Å². The van der Waals surface area contributed by atoms with E-state index in [1.54, 1.807) is 17.0 Å². The van der Waals surface area contributed by atoms with Crippen molar-refractivity contribution in [2.24, 2.45) is 0 Å². The second-order valence-electron chi connectivity index (χ2n) is 4.58. The fraction of sp³-hybridized carbons (Fsp3) is 0.200. The van der Waals surface area contributed by atoms with Crippen LogP contribution in [0.5, 0.6) is 0 Å². The van der Waals surface area contributed by atoms with Gasteiger partial charge in [-0.05, 0) is 22.9 Å². The topological polar surface area (TPSA) is 57.6 Å². The number of rotatable bonds is 2. The number of carbonyl (C=O) groups excluding carboxylic acids is 2. The van der Waals surface area contributed by atoms with Crippen molar-refractivity contribution in [3.63, 3.8) is 0 Å². The molecule has 1 aromatic carbocycles. The molecule has 1 N–H and O–H groups in total. The quantitative estimate of drug-likeness (QED) is 0.667. The highest BCUT2D eigenvalue weighted by atomic mass is 32.2. The number of thioether (sulfide) groups is 2. The zero-order valence-corrected chi connectivity index (χ0v) is 12.7. The number of β-amino-alcohol motifs (C(OH)–C–C–N with tert-alkyl or cyclic N) is 1. The SMILES string of the molecule is O=C1CN(CCO)c2ccccc2C(=O)C1=C1SC=CS1. The molecule has 0 spiro atoms. The molecule has 0 saturated carbocycles. The summed E-state index contributed by atoms with van der Waals surface area (Å²) < 4.78 is 0.741. The second-order valence-corrected chi connectivity index (χ2v) is 6.68. The third-order valence-corrected chi connectivity index (χ3v) is 5.44. The van der Waals surface area contributed by atoms with Crippen LogP contribution in [0.3, 0.4) is 0 Å². The number of hydrogen-bond acceptors (Lipinski definition) is 6. The first-order chi connectivity index (χ1) is 10.2. The van der Waals surface area contributed by atoms with Gasteiger partial charge in [0.25, 0.3) is 0 Å². The van der Waals surface area contributed by atoms with Crippen LogP contribution in [0.1, 0.15) is 10.4 Å². The standard InChI is InChI=1S/C15H13NO3S2/c17-6-5-16-9-12(18)13(15-20-7-8-21-15)14(19)10-3-1-2-4-11(10)16/h1-4,7-8,17H,5-6,9H2. The smallest absolute Gasteiger partial charge is 0.200 e. The van der Waals surface area contributed by atoms with Crippen LogP contribution in [0.15, 0.2) is 44.9 Å². The Morgan fingerprint density at radius 2 is 1.86 bits per heavy atom. The van der Waals surface area contributed by atoms with E-state index in [4.69, 9.17) is 0 Å². The lowest BCUT2D eigenvalue weighted by Crippen LogP contribution is -2.32. The third kappa shape index (κ3) is 2.66. The predicted molar refractivity (Wildman–Crippen MR) is 86.4 cm³/mol. The highest BCUT2D eigenvalue weighted by Crippen LogP contribution is 2.42. The minimum absolute atomic E-state index is 0.0627. The zero-order chi connectivity index (χ0) is 14.8. The Balaban J connectivity index is 2.12. The maximum atomic E-state index is 12.8. The molecule has 0 saturated heterocycles. The number of para-hydroxylation sites is 1. The number of aliphatic hydroxyl groups excluding tert-OH is 1. The molecule has 0 radical (unpaired) electrons. The summed E-state index contributed by atoms with van der Waals surface area (Å²) in [7, 11) is 0. The van der Waals surface area contributed by atoms with Crippen molar-refractivity contribution in [2.75, 3.05) is 24.6 Å². The largest absolute Gasteiger partial charge is 0.395 e. The molecule has 2 aliphatic rings. The highest BCUT2D eigenvalue weighted by Gasteiger charge is 2.32. The van der Waals surface area contributed by atoms with Gasteiger partial charge < -0.3 is 10.0 Å². The van der Waals surface area contributed by atoms with Crippen LogP contribution in [0.2, 0.25) is 0 Å². The number of fused-ring (bicyclic) bond motifs is 1. The number of hydrogen-bond donors (Lipinski definition) is 1. The summed E-state index contributed by atoms with van der Waals surface area (Å²) in [5, 5.41) is 12.9. The molecule has 4 nitrogen and oxygen atoms in total. The van der Waals surface area contributed by atoms with Crippen molar-refractivity contribution in [1.82, 2.24) is 0 Å². The zero-order valence-electron chi connectivity index (χ0n) is 11.1. The van der Waals surface area contributed by atoms with E-state index in [0.29, 0.717) is 17.8 Å². The molecule has 108 valence electrons. The van der Waals surface area contributed by atoms with Crippen LogP contribution in [0.4, 0.5) is 5.69 Å². The Morgan fingerprint density at radius 1 is 1.14 bits per heavy atom. The number of carbonyl (C=O) groups is 2. The molecule has 0 unspecified atom stereocenters. The van der Waals surface area contributed by atoms with Crippen molar-refractivity contribution in [3.05, 3.63) is 50.5 Å². The van der Waals surface area contributed by atoms with Gasteiger partial charge in [-0.25, -0.2) is 0 Å². The van der Waals surface area contributed by atoms with E-state index in [1.165, 1.54) is 23.5 Å². The normalized spacial score (nSPS) is 18.2. The maximum absolute atomic E-state index is 12.8. The van der Waals surface area contributed by atoms with Gasteiger partial charge in [-0.15, -0.1) is 0 Å². The molecule has 2 aliphatic heterocycles. The summed E-state index contributed by atoms with van der Waals surface area (Å²) in [6, 6.07) is 7.18. The van der Waals surface area contributed by atoms with Crippen LogP contribution >= 0.6 is 23.5 Å². The highest BCUT2D eigenvalue weighted by molar-refractivity contribution is 8.27. The van der Waals surface area contributed by atoms with Crippen LogP contribution in [-0.2, 0) is 4.79 Å². The average molecular weight is 319 g/mol. The Morgan fingerprint density at radius 3 is 2.57 bits per heavy atom. The van der Waals surface area contributed by atoms with Gasteiger partial charge in [-0.2, -0.15) is 0 Å². The lowest BCUT2D eigenvalue weighted by Gasteiger charge is -2.22. The van der Waals surface area contributed by atoms with Gasteiger partial charge in [-0.1, -0.05) is 35.7 Å². The summed E-state index contributed by atoms with van der Waals surface area (Å²) >= 11 is 2.81. The maximum Gasteiger partial charge on any atom is 0.200 e. The molecular weight excluding hydrogens is 306 g/mol. The Labute approximate surface area is 130 Å². The van der Waals surface area contributed by atoms with E-state index >= 15 is 0 Å². The van der Waals surface area contributed by atoms with E-state index in [-0.39, 0.29) is 30.3 Å². The van der Waals surface area contributed by atoms with Crippen molar-refractivity contribution in [2.45, 2.75) is 0 Å². The first-order valence-electron chi connectivity index (χ1n) is 6.47. The number of ketones is 2. The first-order valence-corrected chi connectivity index (χ1v) is 8.23. The number of aliphatic hydroxyl groups is 1. The van der Waals surface area contributed by atoms with Gasteiger partial charge in [0.05, 0.1) is 23.0 Å². The third-order valence-electron chi connectivity index (χ3n) is 3.31. The number of anilines is 1.